The Kier molecular flexibility index (Phi) is 1.15. The molecule has 0 radical (unpaired) electrons. The van der Waals surface area contributed by atoms with Gasteiger partial charge in [-0.05, 0) is 11.2 Å². The molecule has 1 aromatic carbocycles. The summed E-state index contributed by atoms with van der Waals surface area (Å²) in [5.74, 6) is -0.0382. The summed E-state index contributed by atoms with van der Waals surface area (Å²) < 4.78 is 4.80. The summed E-state index contributed by atoms with van der Waals surface area (Å²) in [6.07, 6.45) is 0. The predicted molar refractivity (Wildman–Crippen MR) is 43.9 cm³/mol. The van der Waals surface area contributed by atoms with E-state index >= 15 is 0 Å². The van der Waals surface area contributed by atoms with Crippen molar-refractivity contribution < 1.29 is 9.63 Å². The zero-order valence-corrected chi connectivity index (χ0v) is 6.03. The highest BCUT2D eigenvalue weighted by molar-refractivity contribution is 6.33. The molecule has 54 valence electrons. The molecule has 1 aromatic heterocycles. The molecule has 1 N–H and O–H groups in total. The molecule has 0 saturated carbocycles. The monoisotopic (exact) mass is 147 g/mol. The minimum atomic E-state index is -0.0382. The van der Waals surface area contributed by atoms with Crippen molar-refractivity contribution in [1.29, 1.82) is 0 Å². The van der Waals surface area contributed by atoms with Gasteiger partial charge in [0.1, 0.15) is 7.85 Å². The normalized spacial score (nSPS) is 10.5. The molecule has 4 heteroatoms. The van der Waals surface area contributed by atoms with Gasteiger partial charge in [0.2, 0.25) is 0 Å². The minimum Gasteiger partial charge on any atom is -0.491 e. The number of hydrogen-bond donors (Lipinski definition) is 1. The van der Waals surface area contributed by atoms with Crippen molar-refractivity contribution in [3.63, 3.8) is 0 Å². The summed E-state index contributed by atoms with van der Waals surface area (Å²) in [4.78, 5) is 0. The molecule has 2 aromatic rings. The smallest absolute Gasteiger partial charge is 0.259 e. The SMILES string of the molecule is Bc1ccc2onc(O)c2c1. The Labute approximate surface area is 64.0 Å². The van der Waals surface area contributed by atoms with Crippen molar-refractivity contribution in [2.75, 3.05) is 0 Å². The Bertz CT molecular complexity index is 396. The molecule has 2 rings (SSSR count). The molecular formula is C7H6BNO2. The second-order valence-electron chi connectivity index (χ2n) is 2.51. The van der Waals surface area contributed by atoms with Crippen molar-refractivity contribution >= 4 is 24.3 Å². The Morgan fingerprint density at radius 3 is 3.09 bits per heavy atom. The summed E-state index contributed by atoms with van der Waals surface area (Å²) in [5, 5.41) is 13.2. The average molecular weight is 147 g/mol. The summed E-state index contributed by atoms with van der Waals surface area (Å²) in [7, 11) is 1.95. The quantitative estimate of drug-likeness (QED) is 0.524. The van der Waals surface area contributed by atoms with Gasteiger partial charge in [0.15, 0.2) is 5.58 Å². The first-order valence-electron chi connectivity index (χ1n) is 3.32. The van der Waals surface area contributed by atoms with Crippen molar-refractivity contribution in [2.45, 2.75) is 0 Å². The van der Waals surface area contributed by atoms with Gasteiger partial charge in [-0.1, -0.05) is 17.6 Å². The number of benzene rings is 1. The topological polar surface area (TPSA) is 46.3 Å². The Hall–Kier alpha value is -1.45. The third-order valence-electron chi connectivity index (χ3n) is 1.61. The molecule has 0 spiro atoms. The Balaban J connectivity index is 2.87. The fourth-order valence-corrected chi connectivity index (χ4v) is 1.04. The molecule has 3 nitrogen and oxygen atoms in total. The lowest BCUT2D eigenvalue weighted by atomic mass is 9.95. The van der Waals surface area contributed by atoms with Crippen LogP contribution >= 0.6 is 0 Å². The van der Waals surface area contributed by atoms with Crippen LogP contribution in [0, 0.1) is 0 Å². The third kappa shape index (κ3) is 0.870. The van der Waals surface area contributed by atoms with Crippen LogP contribution in [-0.4, -0.2) is 18.1 Å². The van der Waals surface area contributed by atoms with E-state index in [4.69, 9.17) is 9.63 Å². The van der Waals surface area contributed by atoms with E-state index in [0.29, 0.717) is 11.0 Å². The molecule has 0 amide bonds. The second-order valence-corrected chi connectivity index (χ2v) is 2.51. The molecule has 0 fully saturated rings. The van der Waals surface area contributed by atoms with E-state index in [1.54, 1.807) is 6.07 Å². The largest absolute Gasteiger partial charge is 0.491 e. The zero-order chi connectivity index (χ0) is 7.84. The molecule has 11 heavy (non-hydrogen) atoms. The van der Waals surface area contributed by atoms with Crippen LogP contribution in [0.1, 0.15) is 0 Å². The highest BCUT2D eigenvalue weighted by Crippen LogP contribution is 2.21. The van der Waals surface area contributed by atoms with Crippen LogP contribution in [0.3, 0.4) is 0 Å². The summed E-state index contributed by atoms with van der Waals surface area (Å²) in [5.41, 5.74) is 1.70. The van der Waals surface area contributed by atoms with E-state index in [2.05, 4.69) is 5.16 Å². The van der Waals surface area contributed by atoms with E-state index in [1.807, 2.05) is 20.0 Å². The second kappa shape index (κ2) is 2.02. The molecule has 0 aliphatic carbocycles. The lowest BCUT2D eigenvalue weighted by Crippen LogP contribution is -1.98. The van der Waals surface area contributed by atoms with Crippen LogP contribution in [-0.2, 0) is 0 Å². The molecular weight excluding hydrogens is 141 g/mol. The van der Waals surface area contributed by atoms with E-state index in [1.165, 1.54) is 0 Å². The fraction of sp³-hybridized carbons (Fsp3) is 0. The molecule has 0 aliphatic heterocycles. The van der Waals surface area contributed by atoms with Gasteiger partial charge in [-0.3, -0.25) is 0 Å². The standard InChI is InChI=1S/C7H6BNO2/c8-4-1-2-6-5(3-4)7(10)9-11-6/h1-3H,8H2,(H,9,10). The van der Waals surface area contributed by atoms with Crippen LogP contribution in [0.4, 0.5) is 0 Å². The molecule has 0 unspecified atom stereocenters. The molecule has 0 aliphatic rings. The van der Waals surface area contributed by atoms with E-state index < -0.39 is 0 Å². The number of aromatic hydroxyl groups is 1. The number of hydrogen-bond acceptors (Lipinski definition) is 3. The van der Waals surface area contributed by atoms with Crippen LogP contribution in [0.5, 0.6) is 5.88 Å². The van der Waals surface area contributed by atoms with Crippen LogP contribution in [0.15, 0.2) is 22.7 Å². The molecule has 1 heterocycles. The maximum absolute atomic E-state index is 9.13. The van der Waals surface area contributed by atoms with E-state index in [0.717, 1.165) is 5.46 Å². The number of aromatic nitrogens is 1. The highest BCUT2D eigenvalue weighted by Gasteiger charge is 2.04. The van der Waals surface area contributed by atoms with Crippen molar-refractivity contribution in [3.8, 4) is 5.88 Å². The maximum Gasteiger partial charge on any atom is 0.259 e. The fourth-order valence-electron chi connectivity index (χ4n) is 1.04. The van der Waals surface area contributed by atoms with Gasteiger partial charge in [0.25, 0.3) is 5.88 Å². The minimum absolute atomic E-state index is 0.0382. The summed E-state index contributed by atoms with van der Waals surface area (Å²) in [6.45, 7) is 0. The maximum atomic E-state index is 9.13. The Morgan fingerprint density at radius 2 is 2.27 bits per heavy atom. The van der Waals surface area contributed by atoms with Gasteiger partial charge in [0.05, 0.1) is 5.39 Å². The lowest BCUT2D eigenvalue weighted by Gasteiger charge is -1.88. The van der Waals surface area contributed by atoms with Gasteiger partial charge in [-0.2, -0.15) is 0 Å². The summed E-state index contributed by atoms with van der Waals surface area (Å²) in [6, 6.07) is 5.53. The molecule has 0 bridgehead atoms. The van der Waals surface area contributed by atoms with Gasteiger partial charge in [-0.15, -0.1) is 0 Å². The lowest BCUT2D eigenvalue weighted by molar-refractivity contribution is 0.376. The predicted octanol–water partition coefficient (Wildman–Crippen LogP) is -0.208. The van der Waals surface area contributed by atoms with Crippen LogP contribution < -0.4 is 5.46 Å². The Morgan fingerprint density at radius 1 is 1.45 bits per heavy atom. The number of fused-ring (bicyclic) bond motifs is 1. The number of nitrogens with zero attached hydrogens (tertiary/aromatic N) is 1. The van der Waals surface area contributed by atoms with Gasteiger partial charge < -0.3 is 9.63 Å². The van der Waals surface area contributed by atoms with Crippen LogP contribution in [0.25, 0.3) is 11.0 Å². The number of rotatable bonds is 0. The first kappa shape index (κ1) is 6.28. The van der Waals surface area contributed by atoms with Crippen molar-refractivity contribution in [3.05, 3.63) is 18.2 Å². The molecule has 0 atom stereocenters. The summed E-state index contributed by atoms with van der Waals surface area (Å²) >= 11 is 0. The van der Waals surface area contributed by atoms with Gasteiger partial charge >= 0.3 is 0 Å². The first-order chi connectivity index (χ1) is 5.27. The van der Waals surface area contributed by atoms with E-state index in [-0.39, 0.29) is 5.88 Å². The zero-order valence-electron chi connectivity index (χ0n) is 6.03. The van der Waals surface area contributed by atoms with E-state index in [9.17, 15) is 0 Å². The molecule has 0 saturated heterocycles. The van der Waals surface area contributed by atoms with Crippen LogP contribution in [0.2, 0.25) is 0 Å². The van der Waals surface area contributed by atoms with Gasteiger partial charge in [-0.25, -0.2) is 0 Å². The van der Waals surface area contributed by atoms with Crippen molar-refractivity contribution in [2.24, 2.45) is 0 Å². The average Bonchev–Trinajstić information content (AvgIpc) is 2.33. The van der Waals surface area contributed by atoms with Crippen molar-refractivity contribution in [1.82, 2.24) is 5.16 Å². The highest BCUT2D eigenvalue weighted by atomic mass is 16.5. The first-order valence-corrected chi connectivity index (χ1v) is 3.32. The van der Waals surface area contributed by atoms with Gasteiger partial charge in [0, 0.05) is 0 Å². The third-order valence-corrected chi connectivity index (χ3v) is 1.61.